The molecule has 2 rings (SSSR count). The summed E-state index contributed by atoms with van der Waals surface area (Å²) in [6.07, 6.45) is 2.06. The van der Waals surface area contributed by atoms with Gasteiger partial charge in [0.25, 0.3) is 0 Å². The van der Waals surface area contributed by atoms with E-state index in [-0.39, 0.29) is 6.61 Å². The molecule has 0 saturated heterocycles. The Bertz CT molecular complexity index is 778. The van der Waals surface area contributed by atoms with Crippen molar-refractivity contribution in [3.63, 3.8) is 0 Å². The summed E-state index contributed by atoms with van der Waals surface area (Å²) < 4.78 is 5.01. The molecule has 1 N–H and O–H groups in total. The van der Waals surface area contributed by atoms with E-state index in [1.165, 1.54) is 4.90 Å². The van der Waals surface area contributed by atoms with Crippen molar-refractivity contribution in [1.82, 2.24) is 0 Å². The summed E-state index contributed by atoms with van der Waals surface area (Å²) in [5.41, 5.74) is 0.334. The van der Waals surface area contributed by atoms with Crippen LogP contribution in [0.25, 0.3) is 4.98 Å². The Kier molecular flexibility index (Phi) is 5.00. The van der Waals surface area contributed by atoms with Crippen molar-refractivity contribution in [3.05, 3.63) is 59.1 Å². The molecule has 0 aliphatic carbocycles. The summed E-state index contributed by atoms with van der Waals surface area (Å²) in [6, 6.07) is 7.27. The lowest BCUT2D eigenvalue weighted by Gasteiger charge is -2.20. The van der Waals surface area contributed by atoms with E-state index < -0.39 is 23.0 Å². The second-order valence-corrected chi connectivity index (χ2v) is 6.15. The van der Waals surface area contributed by atoms with Gasteiger partial charge in [0.2, 0.25) is 5.39 Å². The number of aliphatic hydroxyl groups is 1. The van der Waals surface area contributed by atoms with Gasteiger partial charge >= 0.3 is 17.5 Å². The molecular formula is C17H18N3O3S+. The molecule has 0 unspecified atom stereocenters. The number of fused-ring (bicyclic) bond motifs is 1. The molecular weight excluding hydrogens is 326 g/mol. The van der Waals surface area contributed by atoms with Crippen LogP contribution in [-0.2, 0) is 14.9 Å². The molecule has 0 atom stereocenters. The fourth-order valence-electron chi connectivity index (χ4n) is 2.49. The first kappa shape index (κ1) is 17.6. The van der Waals surface area contributed by atoms with Gasteiger partial charge in [0.1, 0.15) is 4.99 Å². The first-order valence-electron chi connectivity index (χ1n) is 7.36. The molecule has 7 heteroatoms. The smallest absolute Gasteiger partial charge is 0.475 e. The third-order valence-electron chi connectivity index (χ3n) is 3.83. The zero-order valence-corrected chi connectivity index (χ0v) is 14.3. The number of rotatable bonds is 5. The van der Waals surface area contributed by atoms with E-state index in [1.807, 2.05) is 26.0 Å². The minimum absolute atomic E-state index is 0.105. The number of anilines is 1. The maximum atomic E-state index is 12.8. The van der Waals surface area contributed by atoms with Gasteiger partial charge in [-0.15, -0.1) is 6.58 Å². The standard InChI is InChI=1S/C17H17N3O3S/c1-4-5-10-23-15(22)13(19-18)14(21)20-12-9-7-6-8-11(12)17(2,3)16(20)24/h4,6-9H,1,5,10H2,2-3H3/p+1. The number of nitrogens with zero attached hydrogens (tertiary/aromatic N) is 3. The highest BCUT2D eigenvalue weighted by atomic mass is 32.1. The van der Waals surface area contributed by atoms with Crippen LogP contribution in [0, 0.1) is 5.39 Å². The van der Waals surface area contributed by atoms with Gasteiger partial charge in [0, 0.05) is 5.41 Å². The molecule has 1 aromatic rings. The molecule has 6 nitrogen and oxygen atoms in total. The van der Waals surface area contributed by atoms with Crippen LogP contribution in [0.2, 0.25) is 0 Å². The molecule has 1 amide bonds. The average molecular weight is 344 g/mol. The van der Waals surface area contributed by atoms with E-state index in [9.17, 15) is 9.90 Å². The Balaban J connectivity index is 2.42. The monoisotopic (exact) mass is 344 g/mol. The van der Waals surface area contributed by atoms with Crippen LogP contribution in [0.4, 0.5) is 5.69 Å². The lowest BCUT2D eigenvalue weighted by Crippen LogP contribution is -2.39. The van der Waals surface area contributed by atoms with Gasteiger partial charge in [0.05, 0.1) is 12.3 Å². The van der Waals surface area contributed by atoms with Gasteiger partial charge < -0.3 is 9.84 Å². The van der Waals surface area contributed by atoms with Crippen molar-refractivity contribution >= 4 is 28.8 Å². The summed E-state index contributed by atoms with van der Waals surface area (Å²) in [7, 11) is 0. The molecule has 0 radical (unpaired) electrons. The van der Waals surface area contributed by atoms with Crippen molar-refractivity contribution in [2.45, 2.75) is 25.7 Å². The predicted molar refractivity (Wildman–Crippen MR) is 95.1 cm³/mol. The van der Waals surface area contributed by atoms with Crippen LogP contribution in [0.1, 0.15) is 25.8 Å². The highest BCUT2D eigenvalue weighted by molar-refractivity contribution is 7.81. The maximum Gasteiger partial charge on any atom is 0.528 e. The fourth-order valence-corrected chi connectivity index (χ4v) is 2.78. The second kappa shape index (κ2) is 6.81. The van der Waals surface area contributed by atoms with Crippen LogP contribution >= 0.6 is 12.2 Å². The van der Waals surface area contributed by atoms with Gasteiger partial charge in [-0.25, -0.2) is 0 Å². The number of aliphatic hydroxyl groups excluding tert-OH is 1. The molecule has 0 fully saturated rings. The maximum absolute atomic E-state index is 12.8. The third-order valence-corrected chi connectivity index (χ3v) is 4.52. The first-order chi connectivity index (χ1) is 11.4. The SMILES string of the molecule is C=CCCO/C(O)=C(\[N+]#N)C(=O)N1C(=S)C(C)(C)c2ccccc21. The molecule has 24 heavy (non-hydrogen) atoms. The molecule has 0 saturated carbocycles. The summed E-state index contributed by atoms with van der Waals surface area (Å²) in [6.45, 7) is 7.44. The number of hydrogen-bond acceptors (Lipinski definition) is 5. The fraction of sp³-hybridized carbons (Fsp3) is 0.294. The van der Waals surface area contributed by atoms with Gasteiger partial charge in [-0.1, -0.05) is 36.5 Å². The number of benzene rings is 1. The van der Waals surface area contributed by atoms with E-state index in [0.29, 0.717) is 17.1 Å². The highest BCUT2D eigenvalue weighted by Crippen LogP contribution is 2.42. The summed E-state index contributed by atoms with van der Waals surface area (Å²) in [4.78, 5) is 17.3. The van der Waals surface area contributed by atoms with Crippen LogP contribution in [-0.4, -0.2) is 22.6 Å². The zero-order valence-electron chi connectivity index (χ0n) is 13.5. The number of diazo groups is 1. The Labute approximate surface area is 145 Å². The summed E-state index contributed by atoms with van der Waals surface area (Å²) in [5.74, 6) is -1.51. The quantitative estimate of drug-likeness (QED) is 0.219. The Morgan fingerprint density at radius 1 is 1.50 bits per heavy atom. The van der Waals surface area contributed by atoms with Crippen molar-refractivity contribution < 1.29 is 14.6 Å². The number of ether oxygens (including phenoxy) is 1. The third kappa shape index (κ3) is 2.88. The molecule has 0 bridgehead atoms. The lowest BCUT2D eigenvalue weighted by molar-refractivity contribution is -0.114. The van der Waals surface area contributed by atoms with Crippen molar-refractivity contribution in [3.8, 4) is 0 Å². The number of amides is 1. The number of carbonyl (C=O) groups excluding carboxylic acids is 1. The normalized spacial score (nSPS) is 16.0. The van der Waals surface area contributed by atoms with Crippen molar-refractivity contribution in [1.29, 1.82) is 5.39 Å². The number of thiocarbonyl (C=S) groups is 1. The molecule has 1 aliphatic heterocycles. The van der Waals surface area contributed by atoms with Crippen LogP contribution in [0.3, 0.4) is 0 Å². The Morgan fingerprint density at radius 3 is 2.79 bits per heavy atom. The van der Waals surface area contributed by atoms with E-state index >= 15 is 0 Å². The summed E-state index contributed by atoms with van der Waals surface area (Å²) >= 11 is 5.44. The van der Waals surface area contributed by atoms with E-state index in [4.69, 9.17) is 22.3 Å². The predicted octanol–water partition coefficient (Wildman–Crippen LogP) is 3.81. The summed E-state index contributed by atoms with van der Waals surface area (Å²) in [5, 5.41) is 19.1. The number of carbonyl (C=O) groups is 1. The average Bonchev–Trinajstić information content (AvgIpc) is 2.75. The first-order valence-corrected chi connectivity index (χ1v) is 7.77. The zero-order chi connectivity index (χ0) is 17.9. The highest BCUT2D eigenvalue weighted by Gasteiger charge is 2.48. The molecule has 1 aromatic carbocycles. The molecule has 1 aliphatic rings. The molecule has 1 heterocycles. The second-order valence-electron chi connectivity index (χ2n) is 5.77. The largest absolute Gasteiger partial charge is 0.528 e. The minimum Gasteiger partial charge on any atom is -0.475 e. The van der Waals surface area contributed by atoms with Crippen LogP contribution < -0.4 is 4.90 Å². The van der Waals surface area contributed by atoms with Gasteiger partial charge in [0.15, 0.2) is 4.98 Å². The van der Waals surface area contributed by atoms with E-state index in [1.54, 1.807) is 18.2 Å². The topological polar surface area (TPSA) is 77.9 Å². The van der Waals surface area contributed by atoms with Gasteiger partial charge in [-0.2, -0.15) is 0 Å². The Hall–Kier alpha value is -2.72. The van der Waals surface area contributed by atoms with Gasteiger partial charge in [-0.3, -0.25) is 9.69 Å². The van der Waals surface area contributed by atoms with E-state index in [2.05, 4.69) is 11.6 Å². The molecule has 0 aromatic heterocycles. The van der Waals surface area contributed by atoms with Crippen molar-refractivity contribution in [2.75, 3.05) is 11.5 Å². The number of hydrogen-bond donors (Lipinski definition) is 1. The molecule has 0 spiro atoms. The van der Waals surface area contributed by atoms with Crippen molar-refractivity contribution in [2.24, 2.45) is 0 Å². The Morgan fingerprint density at radius 2 is 2.17 bits per heavy atom. The molecule has 124 valence electrons. The minimum atomic E-state index is -0.755. The van der Waals surface area contributed by atoms with Crippen LogP contribution in [0.15, 0.2) is 48.6 Å². The van der Waals surface area contributed by atoms with E-state index in [0.717, 1.165) is 5.56 Å². The van der Waals surface area contributed by atoms with Crippen LogP contribution in [0.5, 0.6) is 0 Å². The number of para-hydroxylation sites is 1. The lowest BCUT2D eigenvalue weighted by atomic mass is 9.87. The van der Waals surface area contributed by atoms with Gasteiger partial charge in [-0.05, 0) is 31.9 Å².